The van der Waals surface area contributed by atoms with Crippen molar-refractivity contribution in [1.82, 2.24) is 4.72 Å². The van der Waals surface area contributed by atoms with Crippen LogP contribution in [0.3, 0.4) is 0 Å². The van der Waals surface area contributed by atoms with Gasteiger partial charge < -0.3 is 10.5 Å². The van der Waals surface area contributed by atoms with Crippen LogP contribution >= 0.6 is 0 Å². The van der Waals surface area contributed by atoms with Crippen LogP contribution in [-0.2, 0) is 21.3 Å². The molecule has 20 heavy (non-hydrogen) atoms. The molecule has 2 atom stereocenters. The lowest BCUT2D eigenvalue weighted by molar-refractivity contribution is 0.0173. The van der Waals surface area contributed by atoms with Crippen LogP contribution in [0.5, 0.6) is 0 Å². The van der Waals surface area contributed by atoms with E-state index in [4.69, 9.17) is 10.5 Å². The summed E-state index contributed by atoms with van der Waals surface area (Å²) < 4.78 is 33.2. The van der Waals surface area contributed by atoms with Crippen LogP contribution < -0.4 is 10.5 Å². The molecule has 1 aliphatic rings. The number of nitrogens with two attached hydrogens (primary N) is 1. The molecule has 0 bridgehead atoms. The number of hydrogen-bond donors (Lipinski definition) is 2. The molecule has 0 radical (unpaired) electrons. The number of rotatable bonds is 4. The first-order chi connectivity index (χ1) is 9.44. The molecule has 1 aliphatic heterocycles. The maximum atomic E-state index is 12.5. The number of hydrogen-bond acceptors (Lipinski definition) is 4. The van der Waals surface area contributed by atoms with E-state index in [2.05, 4.69) is 4.72 Å². The fourth-order valence-electron chi connectivity index (χ4n) is 2.56. The highest BCUT2D eigenvalue weighted by Crippen LogP contribution is 2.21. The van der Waals surface area contributed by atoms with Crippen LogP contribution in [-0.4, -0.2) is 27.2 Å². The Kier molecular flexibility index (Phi) is 4.80. The Morgan fingerprint density at radius 3 is 2.85 bits per heavy atom. The van der Waals surface area contributed by atoms with Crippen molar-refractivity contribution < 1.29 is 13.2 Å². The zero-order valence-corrected chi connectivity index (χ0v) is 12.7. The molecular weight excluding hydrogens is 276 g/mol. The fourth-order valence-corrected chi connectivity index (χ4v) is 4.13. The molecular formula is C14H22N2O3S. The van der Waals surface area contributed by atoms with Crippen LogP contribution in [0.25, 0.3) is 0 Å². The maximum absolute atomic E-state index is 12.5. The van der Waals surface area contributed by atoms with Crippen molar-refractivity contribution in [3.8, 4) is 0 Å². The predicted octanol–water partition coefficient (Wildman–Crippen LogP) is 1.30. The van der Waals surface area contributed by atoms with Crippen LogP contribution in [0, 0.1) is 6.92 Å². The Labute approximate surface area is 120 Å². The van der Waals surface area contributed by atoms with E-state index in [-0.39, 0.29) is 12.1 Å². The monoisotopic (exact) mass is 298 g/mol. The first kappa shape index (κ1) is 15.4. The van der Waals surface area contributed by atoms with Gasteiger partial charge in [-0.1, -0.05) is 12.1 Å². The van der Waals surface area contributed by atoms with E-state index in [0.717, 1.165) is 11.1 Å². The zero-order chi connectivity index (χ0) is 14.8. The van der Waals surface area contributed by atoms with Crippen molar-refractivity contribution in [1.29, 1.82) is 0 Å². The normalized spacial score (nSPS) is 23.8. The highest BCUT2D eigenvalue weighted by atomic mass is 32.2. The summed E-state index contributed by atoms with van der Waals surface area (Å²) in [7, 11) is -3.51. The van der Waals surface area contributed by atoms with E-state index in [1.165, 1.54) is 0 Å². The molecule has 5 nitrogen and oxygen atoms in total. The Balaban J connectivity index is 2.22. The van der Waals surface area contributed by atoms with E-state index >= 15 is 0 Å². The summed E-state index contributed by atoms with van der Waals surface area (Å²) in [6.45, 7) is 4.68. The summed E-state index contributed by atoms with van der Waals surface area (Å²) in [5, 5.41) is 0. The zero-order valence-electron chi connectivity index (χ0n) is 11.9. The van der Waals surface area contributed by atoms with Gasteiger partial charge in [-0.05, 0) is 43.9 Å². The van der Waals surface area contributed by atoms with Crippen LogP contribution in [0.15, 0.2) is 23.1 Å². The first-order valence-corrected chi connectivity index (χ1v) is 8.35. The van der Waals surface area contributed by atoms with Gasteiger partial charge in [0.1, 0.15) is 0 Å². The van der Waals surface area contributed by atoms with E-state index in [1.807, 2.05) is 13.0 Å². The molecule has 1 heterocycles. The van der Waals surface area contributed by atoms with Crippen LogP contribution in [0.2, 0.25) is 0 Å². The SMILES string of the molecule is Cc1c(CN)cccc1S(=O)(=O)NC1CCOC(C)C1. The third-order valence-electron chi connectivity index (χ3n) is 3.71. The predicted molar refractivity (Wildman–Crippen MR) is 77.8 cm³/mol. The molecule has 0 aromatic heterocycles. The summed E-state index contributed by atoms with van der Waals surface area (Å²) >= 11 is 0. The Bertz CT molecular complexity index is 572. The second-order valence-corrected chi connectivity index (χ2v) is 6.95. The highest BCUT2D eigenvalue weighted by Gasteiger charge is 2.26. The van der Waals surface area contributed by atoms with Crippen molar-refractivity contribution in [2.75, 3.05) is 6.61 Å². The third kappa shape index (κ3) is 3.38. The van der Waals surface area contributed by atoms with Gasteiger partial charge in [0.05, 0.1) is 11.0 Å². The molecule has 1 saturated heterocycles. The molecule has 1 aromatic carbocycles. The van der Waals surface area contributed by atoms with Crippen LogP contribution in [0.4, 0.5) is 0 Å². The van der Waals surface area contributed by atoms with Gasteiger partial charge in [0.2, 0.25) is 10.0 Å². The Morgan fingerprint density at radius 2 is 2.20 bits per heavy atom. The topological polar surface area (TPSA) is 81.4 Å². The minimum atomic E-state index is -3.51. The summed E-state index contributed by atoms with van der Waals surface area (Å²) in [5.41, 5.74) is 7.21. The average Bonchev–Trinajstić information content (AvgIpc) is 2.38. The smallest absolute Gasteiger partial charge is 0.241 e. The van der Waals surface area contributed by atoms with Crippen LogP contribution in [0.1, 0.15) is 30.9 Å². The largest absolute Gasteiger partial charge is 0.378 e. The Morgan fingerprint density at radius 1 is 1.45 bits per heavy atom. The average molecular weight is 298 g/mol. The van der Waals surface area contributed by atoms with Gasteiger partial charge in [-0.3, -0.25) is 0 Å². The van der Waals surface area contributed by atoms with Crippen molar-refractivity contribution in [2.24, 2.45) is 5.73 Å². The number of nitrogens with one attached hydrogen (secondary N) is 1. The number of benzene rings is 1. The van der Waals surface area contributed by atoms with Crippen molar-refractivity contribution in [3.05, 3.63) is 29.3 Å². The summed E-state index contributed by atoms with van der Waals surface area (Å²) in [5.74, 6) is 0. The molecule has 0 aliphatic carbocycles. The molecule has 1 fully saturated rings. The molecule has 0 saturated carbocycles. The lowest BCUT2D eigenvalue weighted by atomic mass is 10.1. The van der Waals surface area contributed by atoms with Crippen molar-refractivity contribution in [2.45, 2.75) is 50.3 Å². The quantitative estimate of drug-likeness (QED) is 0.878. The molecule has 0 amide bonds. The third-order valence-corrected chi connectivity index (χ3v) is 5.38. The molecule has 2 unspecified atom stereocenters. The second-order valence-electron chi connectivity index (χ2n) is 5.27. The summed E-state index contributed by atoms with van der Waals surface area (Å²) in [4.78, 5) is 0.319. The lowest BCUT2D eigenvalue weighted by Crippen LogP contribution is -2.41. The van der Waals surface area contributed by atoms with Gasteiger partial charge in [-0.25, -0.2) is 13.1 Å². The van der Waals surface area contributed by atoms with E-state index in [1.54, 1.807) is 19.1 Å². The molecule has 0 spiro atoms. The second kappa shape index (κ2) is 6.22. The molecule has 6 heteroatoms. The van der Waals surface area contributed by atoms with Gasteiger partial charge in [-0.15, -0.1) is 0 Å². The Hall–Kier alpha value is -0.950. The fraction of sp³-hybridized carbons (Fsp3) is 0.571. The first-order valence-electron chi connectivity index (χ1n) is 6.86. The van der Waals surface area contributed by atoms with Gasteiger partial charge in [0.15, 0.2) is 0 Å². The van der Waals surface area contributed by atoms with E-state index in [0.29, 0.717) is 30.9 Å². The van der Waals surface area contributed by atoms with E-state index in [9.17, 15) is 8.42 Å². The van der Waals surface area contributed by atoms with Gasteiger partial charge >= 0.3 is 0 Å². The number of sulfonamides is 1. The highest BCUT2D eigenvalue weighted by molar-refractivity contribution is 7.89. The van der Waals surface area contributed by atoms with Gasteiger partial charge in [-0.2, -0.15) is 0 Å². The number of ether oxygens (including phenoxy) is 1. The molecule has 3 N–H and O–H groups in total. The minimum Gasteiger partial charge on any atom is -0.378 e. The molecule has 2 rings (SSSR count). The van der Waals surface area contributed by atoms with Crippen molar-refractivity contribution in [3.63, 3.8) is 0 Å². The van der Waals surface area contributed by atoms with Crippen molar-refractivity contribution >= 4 is 10.0 Å². The standard InChI is InChI=1S/C14H22N2O3S/c1-10-8-13(6-7-19-10)16-20(17,18)14-5-3-4-12(9-15)11(14)2/h3-5,10,13,16H,6-9,15H2,1-2H3. The lowest BCUT2D eigenvalue weighted by Gasteiger charge is -2.28. The molecule has 112 valence electrons. The maximum Gasteiger partial charge on any atom is 0.241 e. The van der Waals surface area contributed by atoms with E-state index < -0.39 is 10.0 Å². The molecule has 1 aromatic rings. The minimum absolute atomic E-state index is 0.0651. The van der Waals surface area contributed by atoms with Gasteiger partial charge in [0.25, 0.3) is 0 Å². The summed E-state index contributed by atoms with van der Waals surface area (Å²) in [6.07, 6.45) is 1.50. The van der Waals surface area contributed by atoms with Gasteiger partial charge in [0, 0.05) is 19.2 Å². The summed E-state index contributed by atoms with van der Waals surface area (Å²) in [6, 6.07) is 5.14.